The minimum atomic E-state index is 0.492. The third-order valence-electron chi connectivity index (χ3n) is 2.86. The number of pyridine rings is 1. The van der Waals surface area contributed by atoms with Crippen molar-refractivity contribution in [3.8, 4) is 17.6 Å². The molecule has 1 aromatic heterocycles. The summed E-state index contributed by atoms with van der Waals surface area (Å²) in [5.74, 6) is 1.91. The van der Waals surface area contributed by atoms with E-state index in [9.17, 15) is 0 Å². The van der Waals surface area contributed by atoms with Gasteiger partial charge in [-0.05, 0) is 18.2 Å². The van der Waals surface area contributed by atoms with Crippen molar-refractivity contribution in [2.45, 2.75) is 6.54 Å². The number of rotatable bonds is 5. The van der Waals surface area contributed by atoms with Crippen LogP contribution in [-0.2, 0) is 6.54 Å². The number of ether oxygens (including phenoxy) is 2. The first-order chi connectivity index (χ1) is 9.80. The van der Waals surface area contributed by atoms with Crippen LogP contribution >= 0.6 is 0 Å². The first kappa shape index (κ1) is 13.7. The van der Waals surface area contributed by atoms with E-state index in [1.54, 1.807) is 32.5 Å². The first-order valence-electron chi connectivity index (χ1n) is 6.09. The number of nitrogens with zero attached hydrogens (tertiary/aromatic N) is 2. The molecule has 0 bridgehead atoms. The predicted octanol–water partition coefficient (Wildman–Crippen LogP) is 2.58. The third-order valence-corrected chi connectivity index (χ3v) is 2.86. The van der Waals surface area contributed by atoms with Crippen LogP contribution in [0.3, 0.4) is 0 Å². The van der Waals surface area contributed by atoms with Crippen LogP contribution < -0.4 is 14.8 Å². The van der Waals surface area contributed by atoms with Crippen molar-refractivity contribution in [1.29, 1.82) is 5.26 Å². The summed E-state index contributed by atoms with van der Waals surface area (Å²) in [5, 5.41) is 12.2. The van der Waals surface area contributed by atoms with Gasteiger partial charge >= 0.3 is 0 Å². The molecule has 2 rings (SSSR count). The van der Waals surface area contributed by atoms with Gasteiger partial charge in [0.1, 0.15) is 11.9 Å². The van der Waals surface area contributed by atoms with Gasteiger partial charge in [-0.1, -0.05) is 12.1 Å². The Balaban J connectivity index is 2.21. The highest BCUT2D eigenvalue weighted by molar-refractivity contribution is 5.53. The van der Waals surface area contributed by atoms with E-state index >= 15 is 0 Å². The zero-order valence-corrected chi connectivity index (χ0v) is 11.4. The minimum Gasteiger partial charge on any atom is -0.493 e. The van der Waals surface area contributed by atoms with Gasteiger partial charge in [-0.2, -0.15) is 5.26 Å². The maximum atomic E-state index is 9.02. The minimum absolute atomic E-state index is 0.492. The molecule has 0 aliphatic heterocycles. The number of anilines is 1. The molecular formula is C15H15N3O2. The normalized spacial score (nSPS) is 9.65. The first-order valence-corrected chi connectivity index (χ1v) is 6.09. The molecule has 0 saturated heterocycles. The van der Waals surface area contributed by atoms with Crippen molar-refractivity contribution in [1.82, 2.24) is 4.98 Å². The fourth-order valence-electron chi connectivity index (χ4n) is 1.91. The van der Waals surface area contributed by atoms with Gasteiger partial charge in [-0.3, -0.25) is 0 Å². The van der Waals surface area contributed by atoms with E-state index in [4.69, 9.17) is 14.7 Å². The molecule has 0 fully saturated rings. The van der Waals surface area contributed by atoms with E-state index in [2.05, 4.69) is 16.4 Å². The Morgan fingerprint density at radius 2 is 2.05 bits per heavy atom. The van der Waals surface area contributed by atoms with E-state index in [0.29, 0.717) is 29.4 Å². The van der Waals surface area contributed by atoms with E-state index in [1.807, 2.05) is 18.2 Å². The molecule has 0 atom stereocenters. The smallest absolute Gasteiger partial charge is 0.165 e. The summed E-state index contributed by atoms with van der Waals surface area (Å²) in [6, 6.07) is 11.2. The highest BCUT2D eigenvalue weighted by Gasteiger charge is 2.10. The third kappa shape index (κ3) is 2.81. The molecular weight excluding hydrogens is 254 g/mol. The average molecular weight is 269 g/mol. The van der Waals surface area contributed by atoms with Gasteiger partial charge in [0.15, 0.2) is 11.5 Å². The summed E-state index contributed by atoms with van der Waals surface area (Å²) >= 11 is 0. The maximum Gasteiger partial charge on any atom is 0.165 e. The molecule has 0 radical (unpaired) electrons. The van der Waals surface area contributed by atoms with Gasteiger partial charge in [0, 0.05) is 18.3 Å². The average Bonchev–Trinajstić information content (AvgIpc) is 2.52. The number of hydrogen-bond acceptors (Lipinski definition) is 5. The summed E-state index contributed by atoms with van der Waals surface area (Å²) in [5.41, 5.74) is 1.44. The quantitative estimate of drug-likeness (QED) is 0.903. The van der Waals surface area contributed by atoms with Crippen molar-refractivity contribution in [2.75, 3.05) is 19.5 Å². The molecule has 1 N–H and O–H groups in total. The fourth-order valence-corrected chi connectivity index (χ4v) is 1.91. The lowest BCUT2D eigenvalue weighted by Crippen LogP contribution is -2.05. The number of aromatic nitrogens is 1. The molecule has 0 spiro atoms. The van der Waals surface area contributed by atoms with Crippen LogP contribution in [0.2, 0.25) is 0 Å². The van der Waals surface area contributed by atoms with Crippen molar-refractivity contribution >= 4 is 5.82 Å². The lowest BCUT2D eigenvalue weighted by Gasteiger charge is -2.13. The highest BCUT2D eigenvalue weighted by atomic mass is 16.5. The largest absolute Gasteiger partial charge is 0.493 e. The molecule has 1 aromatic carbocycles. The zero-order chi connectivity index (χ0) is 14.4. The molecule has 0 aliphatic carbocycles. The summed E-state index contributed by atoms with van der Waals surface area (Å²) < 4.78 is 10.6. The van der Waals surface area contributed by atoms with Gasteiger partial charge in [0.25, 0.3) is 0 Å². The van der Waals surface area contributed by atoms with Crippen LogP contribution in [0.4, 0.5) is 5.82 Å². The molecule has 5 nitrogen and oxygen atoms in total. The number of benzene rings is 1. The van der Waals surface area contributed by atoms with Crippen LogP contribution in [-0.4, -0.2) is 19.2 Å². The number of hydrogen-bond donors (Lipinski definition) is 1. The Morgan fingerprint density at radius 1 is 1.20 bits per heavy atom. The molecule has 1 heterocycles. The molecule has 102 valence electrons. The van der Waals surface area contributed by atoms with Crippen LogP contribution in [0.15, 0.2) is 36.5 Å². The van der Waals surface area contributed by atoms with E-state index < -0.39 is 0 Å². The molecule has 0 aliphatic rings. The van der Waals surface area contributed by atoms with E-state index in [1.165, 1.54) is 0 Å². The summed E-state index contributed by atoms with van der Waals surface area (Å²) in [4.78, 5) is 4.16. The van der Waals surface area contributed by atoms with Gasteiger partial charge in [-0.15, -0.1) is 0 Å². The van der Waals surface area contributed by atoms with Crippen LogP contribution in [0.1, 0.15) is 11.1 Å². The summed E-state index contributed by atoms with van der Waals surface area (Å²) in [7, 11) is 3.20. The molecule has 0 saturated carbocycles. The van der Waals surface area contributed by atoms with Crippen LogP contribution in [0.5, 0.6) is 11.5 Å². The van der Waals surface area contributed by atoms with Gasteiger partial charge < -0.3 is 14.8 Å². The molecule has 20 heavy (non-hydrogen) atoms. The number of methoxy groups -OCH3 is 2. The lowest BCUT2D eigenvalue weighted by molar-refractivity contribution is 0.352. The van der Waals surface area contributed by atoms with Crippen molar-refractivity contribution in [3.05, 3.63) is 47.7 Å². The zero-order valence-electron chi connectivity index (χ0n) is 11.4. The second-order valence-electron chi connectivity index (χ2n) is 4.02. The standard InChI is InChI=1S/C15H15N3O2/c1-19-13-7-3-5-12(14(13)20-2)10-18-15-11(9-16)6-4-8-17-15/h3-8H,10H2,1-2H3,(H,17,18). The Morgan fingerprint density at radius 3 is 2.75 bits per heavy atom. The monoisotopic (exact) mass is 269 g/mol. The predicted molar refractivity (Wildman–Crippen MR) is 75.8 cm³/mol. The molecule has 0 amide bonds. The molecule has 5 heteroatoms. The Labute approximate surface area is 117 Å². The second-order valence-corrected chi connectivity index (χ2v) is 4.02. The lowest BCUT2D eigenvalue weighted by atomic mass is 10.1. The fraction of sp³-hybridized carbons (Fsp3) is 0.200. The topological polar surface area (TPSA) is 67.2 Å². The number of nitrogens with one attached hydrogen (secondary N) is 1. The van der Waals surface area contributed by atoms with Gasteiger partial charge in [0.2, 0.25) is 0 Å². The van der Waals surface area contributed by atoms with E-state index in [-0.39, 0.29) is 0 Å². The molecule has 0 unspecified atom stereocenters. The van der Waals surface area contributed by atoms with Crippen LogP contribution in [0, 0.1) is 11.3 Å². The Bertz CT molecular complexity index is 635. The summed E-state index contributed by atoms with van der Waals surface area (Å²) in [6.07, 6.45) is 1.64. The van der Waals surface area contributed by atoms with E-state index in [0.717, 1.165) is 5.56 Å². The Kier molecular flexibility index (Phi) is 4.40. The summed E-state index contributed by atoms with van der Waals surface area (Å²) in [6.45, 7) is 0.492. The van der Waals surface area contributed by atoms with Crippen molar-refractivity contribution in [2.24, 2.45) is 0 Å². The number of para-hydroxylation sites is 1. The van der Waals surface area contributed by atoms with Gasteiger partial charge in [-0.25, -0.2) is 4.98 Å². The molecule has 2 aromatic rings. The van der Waals surface area contributed by atoms with Gasteiger partial charge in [0.05, 0.1) is 19.8 Å². The second kappa shape index (κ2) is 6.43. The van der Waals surface area contributed by atoms with Crippen molar-refractivity contribution < 1.29 is 9.47 Å². The van der Waals surface area contributed by atoms with Crippen LogP contribution in [0.25, 0.3) is 0 Å². The maximum absolute atomic E-state index is 9.02. The van der Waals surface area contributed by atoms with Crippen molar-refractivity contribution in [3.63, 3.8) is 0 Å². The SMILES string of the molecule is COc1cccc(CNc2ncccc2C#N)c1OC. The highest BCUT2D eigenvalue weighted by Crippen LogP contribution is 2.31. The number of nitriles is 1. The Hall–Kier alpha value is -2.74.